The summed E-state index contributed by atoms with van der Waals surface area (Å²) in [5, 5.41) is 2.54. The number of hydrogen-bond acceptors (Lipinski definition) is 8. The van der Waals surface area contributed by atoms with Crippen molar-refractivity contribution in [2.24, 2.45) is 11.8 Å². The number of carbonyl (C=O) groups is 3. The lowest BCUT2D eigenvalue weighted by Gasteiger charge is -2.46. The number of thiazole rings is 1. The second kappa shape index (κ2) is 11.9. The van der Waals surface area contributed by atoms with Crippen LogP contribution < -0.4 is 5.32 Å². The maximum Gasteiger partial charge on any atom is 0.325 e. The van der Waals surface area contributed by atoms with Crippen LogP contribution in [0, 0.1) is 11.8 Å². The molecule has 1 aliphatic carbocycles. The van der Waals surface area contributed by atoms with Gasteiger partial charge in [0, 0.05) is 6.20 Å². The molecule has 1 N–H and O–H groups in total. The largest absolute Gasteiger partial charge is 0.461 e. The zero-order valence-electron chi connectivity index (χ0n) is 21.2. The Morgan fingerprint density at radius 1 is 1.18 bits per heavy atom. The number of aromatic nitrogens is 1. The first-order valence-electron chi connectivity index (χ1n) is 12.6. The number of ether oxygens (including phenoxy) is 1. The molecule has 2 aromatic carbocycles. The van der Waals surface area contributed by atoms with Crippen LogP contribution in [0.4, 0.5) is 0 Å². The molecule has 2 fully saturated rings. The van der Waals surface area contributed by atoms with E-state index in [0.717, 1.165) is 38.5 Å². The van der Waals surface area contributed by atoms with Crippen LogP contribution >= 0.6 is 32.9 Å². The summed E-state index contributed by atoms with van der Waals surface area (Å²) in [5.74, 6) is -0.695. The minimum Gasteiger partial charge on any atom is -0.461 e. The highest BCUT2D eigenvalue weighted by Gasteiger charge is 2.50. The second-order valence-corrected chi connectivity index (χ2v) is 13.2. The Hall–Kier alpha value is -2.82. The molecule has 1 saturated heterocycles. The van der Waals surface area contributed by atoms with Gasteiger partial charge < -0.3 is 15.0 Å². The highest BCUT2D eigenvalue weighted by Crippen LogP contribution is 2.48. The van der Waals surface area contributed by atoms with E-state index in [2.05, 4.69) is 10.3 Å². The molecule has 198 valence electrons. The third-order valence-electron chi connectivity index (χ3n) is 6.70. The van der Waals surface area contributed by atoms with Crippen LogP contribution in [-0.4, -0.2) is 45.7 Å². The van der Waals surface area contributed by atoms with E-state index >= 15 is 0 Å². The minimum atomic E-state index is -0.451. The number of benzene rings is 2. The molecule has 3 aromatic rings. The highest BCUT2D eigenvalue weighted by atomic mass is 33.1. The smallest absolute Gasteiger partial charge is 0.325 e. The summed E-state index contributed by atoms with van der Waals surface area (Å²) < 4.78 is 7.57. The fourth-order valence-corrected chi connectivity index (χ4v) is 8.46. The zero-order valence-corrected chi connectivity index (χ0v) is 23.6. The van der Waals surface area contributed by atoms with E-state index in [1.807, 2.05) is 68.4 Å². The molecule has 3 unspecified atom stereocenters. The van der Waals surface area contributed by atoms with E-state index in [1.54, 1.807) is 22.4 Å². The van der Waals surface area contributed by atoms with Gasteiger partial charge >= 0.3 is 5.97 Å². The number of fused-ring (bicyclic) bond motifs is 1. The number of nitrogens with zero attached hydrogens (tertiary/aromatic N) is 2. The van der Waals surface area contributed by atoms with Gasteiger partial charge in [0.1, 0.15) is 18.0 Å². The van der Waals surface area contributed by atoms with E-state index in [9.17, 15) is 14.4 Å². The number of esters is 1. The molecule has 0 spiro atoms. The molecule has 0 radical (unpaired) electrons. The third kappa shape index (κ3) is 6.42. The Morgan fingerprint density at radius 3 is 2.66 bits per heavy atom. The Bertz CT molecular complexity index is 1320. The Balaban J connectivity index is 1.25. The zero-order chi connectivity index (χ0) is 26.6. The number of carbonyl (C=O) groups excluding carboxylic acids is 3. The van der Waals surface area contributed by atoms with Gasteiger partial charge in [-0.15, -0.1) is 11.3 Å². The fourth-order valence-electron chi connectivity index (χ4n) is 4.36. The van der Waals surface area contributed by atoms with Crippen molar-refractivity contribution in [3.63, 3.8) is 0 Å². The summed E-state index contributed by atoms with van der Waals surface area (Å²) in [5.41, 5.74) is 2.60. The van der Waals surface area contributed by atoms with Gasteiger partial charge in [0.2, 0.25) is 11.8 Å². The average Bonchev–Trinajstić information content (AvgIpc) is 3.68. The summed E-state index contributed by atoms with van der Waals surface area (Å²) in [6, 6.07) is 17.5. The van der Waals surface area contributed by atoms with E-state index in [4.69, 9.17) is 4.74 Å². The summed E-state index contributed by atoms with van der Waals surface area (Å²) >= 11 is 1.60. The molecule has 3 atom stereocenters. The van der Waals surface area contributed by atoms with Gasteiger partial charge in [-0.25, -0.2) is 4.98 Å². The predicted molar refractivity (Wildman–Crippen MR) is 152 cm³/mol. The molecule has 1 saturated carbocycles. The first-order valence-corrected chi connectivity index (χ1v) is 15.6. The van der Waals surface area contributed by atoms with Crippen molar-refractivity contribution in [1.82, 2.24) is 15.2 Å². The van der Waals surface area contributed by atoms with Crippen molar-refractivity contribution in [2.45, 2.75) is 48.9 Å². The van der Waals surface area contributed by atoms with Crippen molar-refractivity contribution in [3.8, 4) is 0 Å². The molecule has 38 heavy (non-hydrogen) atoms. The number of β-lactam (4-membered cyclic amide) rings is 1. The van der Waals surface area contributed by atoms with Gasteiger partial charge in [-0.3, -0.25) is 14.4 Å². The van der Waals surface area contributed by atoms with Gasteiger partial charge in [0.05, 0.1) is 22.6 Å². The van der Waals surface area contributed by atoms with Crippen molar-refractivity contribution in [1.29, 1.82) is 0 Å². The molecule has 5 rings (SSSR count). The molecule has 2 heterocycles. The number of rotatable bonds is 11. The molecule has 2 amide bonds. The Morgan fingerprint density at radius 2 is 1.92 bits per heavy atom. The van der Waals surface area contributed by atoms with Crippen LogP contribution in [0.5, 0.6) is 0 Å². The van der Waals surface area contributed by atoms with Crippen molar-refractivity contribution in [2.75, 3.05) is 6.54 Å². The van der Waals surface area contributed by atoms with Crippen LogP contribution in [0.15, 0.2) is 70.7 Å². The molecule has 1 aromatic heterocycles. The lowest BCUT2D eigenvalue weighted by Crippen LogP contribution is -2.61. The minimum absolute atomic E-state index is 0.0852. The number of hydrogen-bond donors (Lipinski definition) is 1. The predicted octanol–water partition coefficient (Wildman–Crippen LogP) is 5.43. The molecular weight excluding hydrogens is 539 g/mol. The first kappa shape index (κ1) is 26.8. The number of nitrogens with one attached hydrogen (secondary N) is 1. The Labute approximate surface area is 233 Å². The monoisotopic (exact) mass is 567 g/mol. The Kier molecular flexibility index (Phi) is 8.40. The van der Waals surface area contributed by atoms with Crippen molar-refractivity contribution >= 4 is 60.9 Å². The molecule has 0 bridgehead atoms. The molecule has 2 aliphatic rings. The normalized spacial score (nSPS) is 20.2. The summed E-state index contributed by atoms with van der Waals surface area (Å²) in [7, 11) is 3.01. The second-order valence-electron chi connectivity index (χ2n) is 9.61. The van der Waals surface area contributed by atoms with Gasteiger partial charge in [-0.2, -0.15) is 0 Å². The molecule has 1 aliphatic heterocycles. The maximum atomic E-state index is 13.2. The lowest BCUT2D eigenvalue weighted by atomic mass is 9.91. The number of para-hydroxylation sites is 1. The molecular formula is C28H29N3O4S3. The van der Waals surface area contributed by atoms with E-state index < -0.39 is 5.92 Å². The van der Waals surface area contributed by atoms with Crippen LogP contribution in [0.3, 0.4) is 0 Å². The van der Waals surface area contributed by atoms with Crippen LogP contribution in [-0.2, 0) is 25.5 Å². The van der Waals surface area contributed by atoms with Gasteiger partial charge in [0.15, 0.2) is 4.34 Å². The first-order chi connectivity index (χ1) is 18.4. The van der Waals surface area contributed by atoms with Crippen LogP contribution in [0.1, 0.15) is 32.3 Å². The summed E-state index contributed by atoms with van der Waals surface area (Å²) in [6.07, 6.45) is 3.91. The quantitative estimate of drug-likeness (QED) is 0.188. The van der Waals surface area contributed by atoms with E-state index in [-0.39, 0.29) is 42.2 Å². The van der Waals surface area contributed by atoms with Crippen molar-refractivity contribution in [3.05, 3.63) is 71.9 Å². The van der Waals surface area contributed by atoms with Crippen molar-refractivity contribution < 1.29 is 19.1 Å². The van der Waals surface area contributed by atoms with Gasteiger partial charge in [0.25, 0.3) is 0 Å². The lowest BCUT2D eigenvalue weighted by molar-refractivity contribution is -0.161. The van der Waals surface area contributed by atoms with Gasteiger partial charge in [-0.05, 0) is 66.7 Å². The topological polar surface area (TPSA) is 88.6 Å². The average molecular weight is 568 g/mol. The van der Waals surface area contributed by atoms with E-state index in [1.165, 1.54) is 21.6 Å². The summed E-state index contributed by atoms with van der Waals surface area (Å²) in [6.45, 7) is 3.67. The number of likely N-dealkylation sites (tertiary alicyclic amines) is 1. The molecule has 7 nitrogen and oxygen atoms in total. The van der Waals surface area contributed by atoms with Gasteiger partial charge in [-0.1, -0.05) is 53.3 Å². The third-order valence-corrected chi connectivity index (χ3v) is 10.8. The summed E-state index contributed by atoms with van der Waals surface area (Å²) in [4.78, 5) is 44.5. The van der Waals surface area contributed by atoms with Crippen LogP contribution in [0.2, 0.25) is 0 Å². The van der Waals surface area contributed by atoms with E-state index in [0.29, 0.717) is 5.92 Å². The highest BCUT2D eigenvalue weighted by molar-refractivity contribution is 8.77. The molecule has 10 heteroatoms. The number of amides is 2. The SMILES string of the molecule is CC(=CNC(=O)Cc1ccccc1)C1C(=O)N(CC(=O)OC(C)C2CC2)C1SSc1nc2ccccc2s1. The van der Waals surface area contributed by atoms with Crippen LogP contribution in [0.25, 0.3) is 10.2 Å². The standard InChI is InChI=1S/C28H29N3O4S3/c1-17(15-29-23(32)14-19-8-4-3-5-9-19)25-26(34)31(16-24(33)35-18(2)20-12-13-20)27(25)37-38-28-30-21-10-6-7-11-22(21)36-28/h3-11,15,18,20,25,27H,12-14,16H2,1-2H3,(H,29,32). The fraction of sp³-hybridized carbons (Fsp3) is 0.357. The maximum absolute atomic E-state index is 13.2.